The molecule has 0 N–H and O–H groups in total. The molecular weight excluding hydrogens is 142 g/mol. The van der Waals surface area contributed by atoms with Crippen molar-refractivity contribution < 1.29 is 9.53 Å². The zero-order valence-corrected chi connectivity index (χ0v) is 6.70. The summed E-state index contributed by atoms with van der Waals surface area (Å²) < 4.78 is 4.78. The van der Waals surface area contributed by atoms with E-state index in [-0.39, 0.29) is 17.8 Å². The lowest BCUT2D eigenvalue weighted by atomic mass is 9.93. The van der Waals surface area contributed by atoms with E-state index < -0.39 is 6.10 Å². The minimum Gasteiger partial charge on any atom is -0.447 e. The first-order valence-electron chi connectivity index (χ1n) is 3.75. The molecule has 60 valence electrons. The summed E-state index contributed by atoms with van der Waals surface area (Å²) >= 11 is 0. The van der Waals surface area contributed by atoms with Gasteiger partial charge in [0.1, 0.15) is 6.07 Å². The lowest BCUT2D eigenvalue weighted by Gasteiger charge is -2.07. The van der Waals surface area contributed by atoms with Crippen LogP contribution in [0.15, 0.2) is 0 Å². The number of nitrogens with zero attached hydrogens (tertiary/aromatic N) is 1. The standard InChI is InChI=1S/C8H11NO2/c1-5(2)7-3-6(4-9)11-8(7)10/h5-7H,3H2,1-2H3. The molecule has 0 spiro atoms. The second-order valence-corrected chi connectivity index (χ2v) is 3.14. The summed E-state index contributed by atoms with van der Waals surface area (Å²) in [5.41, 5.74) is 0. The Morgan fingerprint density at radius 3 is 2.64 bits per heavy atom. The van der Waals surface area contributed by atoms with Gasteiger partial charge >= 0.3 is 5.97 Å². The van der Waals surface area contributed by atoms with Crippen LogP contribution in [0.3, 0.4) is 0 Å². The maximum Gasteiger partial charge on any atom is 0.310 e. The zero-order valence-electron chi connectivity index (χ0n) is 6.70. The van der Waals surface area contributed by atoms with Crippen LogP contribution in [-0.4, -0.2) is 12.1 Å². The number of esters is 1. The lowest BCUT2D eigenvalue weighted by Crippen LogP contribution is -2.13. The number of carbonyl (C=O) groups excluding carboxylic acids is 1. The molecule has 3 nitrogen and oxygen atoms in total. The fraction of sp³-hybridized carbons (Fsp3) is 0.750. The van der Waals surface area contributed by atoms with Gasteiger partial charge in [-0.3, -0.25) is 4.79 Å². The minimum atomic E-state index is -0.505. The average Bonchev–Trinajstić information content (AvgIpc) is 2.30. The molecule has 0 aromatic rings. The van der Waals surface area contributed by atoms with Crippen LogP contribution >= 0.6 is 0 Å². The van der Waals surface area contributed by atoms with Gasteiger partial charge in [-0.05, 0) is 5.92 Å². The first-order valence-corrected chi connectivity index (χ1v) is 3.75. The van der Waals surface area contributed by atoms with Gasteiger partial charge in [0, 0.05) is 6.42 Å². The van der Waals surface area contributed by atoms with E-state index in [1.807, 2.05) is 19.9 Å². The Labute approximate surface area is 66.0 Å². The SMILES string of the molecule is CC(C)C1CC(C#N)OC1=O. The minimum absolute atomic E-state index is 0.0698. The molecule has 11 heavy (non-hydrogen) atoms. The maximum atomic E-state index is 11.0. The van der Waals surface area contributed by atoms with Gasteiger partial charge in [0.2, 0.25) is 0 Å². The normalized spacial score (nSPS) is 30.2. The number of carbonyl (C=O) groups is 1. The first kappa shape index (κ1) is 8.06. The second-order valence-electron chi connectivity index (χ2n) is 3.14. The third-order valence-electron chi connectivity index (χ3n) is 1.98. The summed E-state index contributed by atoms with van der Waals surface area (Å²) in [7, 11) is 0. The zero-order chi connectivity index (χ0) is 8.43. The molecular formula is C8H11NO2. The number of ether oxygens (including phenoxy) is 1. The number of rotatable bonds is 1. The molecule has 0 aliphatic carbocycles. The predicted molar refractivity (Wildman–Crippen MR) is 38.4 cm³/mol. The predicted octanol–water partition coefficient (Wildman–Crippen LogP) is 1.10. The van der Waals surface area contributed by atoms with Crippen LogP contribution in [0.25, 0.3) is 0 Å². The average molecular weight is 153 g/mol. The van der Waals surface area contributed by atoms with Crippen molar-refractivity contribution in [3.8, 4) is 6.07 Å². The van der Waals surface area contributed by atoms with Crippen LogP contribution in [-0.2, 0) is 9.53 Å². The lowest BCUT2D eigenvalue weighted by molar-refractivity contribution is -0.143. The van der Waals surface area contributed by atoms with Gasteiger partial charge < -0.3 is 4.74 Å². The van der Waals surface area contributed by atoms with Crippen molar-refractivity contribution in [1.29, 1.82) is 5.26 Å². The van der Waals surface area contributed by atoms with Gasteiger partial charge in [-0.2, -0.15) is 5.26 Å². The van der Waals surface area contributed by atoms with E-state index in [0.29, 0.717) is 6.42 Å². The molecule has 0 saturated carbocycles. The van der Waals surface area contributed by atoms with E-state index in [1.54, 1.807) is 0 Å². The molecule has 1 rings (SSSR count). The highest BCUT2D eigenvalue weighted by atomic mass is 16.5. The number of hydrogen-bond donors (Lipinski definition) is 0. The highest BCUT2D eigenvalue weighted by Crippen LogP contribution is 2.26. The highest BCUT2D eigenvalue weighted by Gasteiger charge is 2.36. The van der Waals surface area contributed by atoms with E-state index >= 15 is 0 Å². The topological polar surface area (TPSA) is 50.1 Å². The van der Waals surface area contributed by atoms with Crippen LogP contribution in [0.5, 0.6) is 0 Å². The second kappa shape index (κ2) is 2.91. The van der Waals surface area contributed by atoms with Gasteiger partial charge in [-0.25, -0.2) is 0 Å². The van der Waals surface area contributed by atoms with E-state index in [2.05, 4.69) is 0 Å². The van der Waals surface area contributed by atoms with E-state index in [4.69, 9.17) is 10.00 Å². The van der Waals surface area contributed by atoms with Gasteiger partial charge in [-0.1, -0.05) is 13.8 Å². The Kier molecular flexibility index (Phi) is 2.13. The quantitative estimate of drug-likeness (QED) is 0.530. The molecule has 0 radical (unpaired) electrons. The van der Waals surface area contributed by atoms with Gasteiger partial charge in [-0.15, -0.1) is 0 Å². The van der Waals surface area contributed by atoms with Crippen molar-refractivity contribution in [1.82, 2.24) is 0 Å². The third kappa shape index (κ3) is 1.51. The molecule has 1 aliphatic heterocycles. The van der Waals surface area contributed by atoms with Crippen molar-refractivity contribution in [2.45, 2.75) is 26.4 Å². The first-order chi connectivity index (χ1) is 5.15. The smallest absolute Gasteiger partial charge is 0.310 e. The van der Waals surface area contributed by atoms with Gasteiger partial charge in [0.05, 0.1) is 5.92 Å². The fourth-order valence-corrected chi connectivity index (χ4v) is 1.23. The number of cyclic esters (lactones) is 1. The molecule has 0 aromatic heterocycles. The van der Waals surface area contributed by atoms with Gasteiger partial charge in [0.15, 0.2) is 6.10 Å². The molecule has 0 amide bonds. The molecule has 1 aliphatic rings. The molecule has 0 bridgehead atoms. The Balaban J connectivity index is 2.60. The van der Waals surface area contributed by atoms with Crippen molar-refractivity contribution in [3.63, 3.8) is 0 Å². The molecule has 2 atom stereocenters. The van der Waals surface area contributed by atoms with Gasteiger partial charge in [0.25, 0.3) is 0 Å². The number of nitriles is 1. The molecule has 0 aromatic carbocycles. The number of hydrogen-bond acceptors (Lipinski definition) is 3. The van der Waals surface area contributed by atoms with E-state index in [1.165, 1.54) is 0 Å². The van der Waals surface area contributed by atoms with E-state index in [0.717, 1.165) is 0 Å². The summed E-state index contributed by atoms with van der Waals surface area (Å²) in [5.74, 6) is -0.00736. The molecule has 2 unspecified atom stereocenters. The fourth-order valence-electron chi connectivity index (χ4n) is 1.23. The Hall–Kier alpha value is -1.04. The van der Waals surface area contributed by atoms with E-state index in [9.17, 15) is 4.79 Å². The van der Waals surface area contributed by atoms with Crippen LogP contribution in [0.1, 0.15) is 20.3 Å². The largest absolute Gasteiger partial charge is 0.447 e. The molecule has 1 saturated heterocycles. The Bertz CT molecular complexity index is 205. The summed E-state index contributed by atoms with van der Waals surface area (Å²) in [4.78, 5) is 11.0. The van der Waals surface area contributed by atoms with Crippen LogP contribution in [0.2, 0.25) is 0 Å². The highest BCUT2D eigenvalue weighted by molar-refractivity contribution is 5.75. The molecule has 3 heteroatoms. The third-order valence-corrected chi connectivity index (χ3v) is 1.98. The summed E-state index contributed by atoms with van der Waals surface area (Å²) in [6.07, 6.45) is 0.0578. The maximum absolute atomic E-state index is 11.0. The van der Waals surface area contributed by atoms with Crippen LogP contribution in [0.4, 0.5) is 0 Å². The Morgan fingerprint density at radius 2 is 2.36 bits per heavy atom. The monoisotopic (exact) mass is 153 g/mol. The van der Waals surface area contributed by atoms with Crippen molar-refractivity contribution in [2.24, 2.45) is 11.8 Å². The van der Waals surface area contributed by atoms with Crippen molar-refractivity contribution in [2.75, 3.05) is 0 Å². The summed E-state index contributed by atoms with van der Waals surface area (Å²) in [6, 6.07) is 1.94. The van der Waals surface area contributed by atoms with Crippen molar-refractivity contribution >= 4 is 5.97 Å². The van der Waals surface area contributed by atoms with Crippen LogP contribution < -0.4 is 0 Å². The molecule has 1 heterocycles. The summed E-state index contributed by atoms with van der Waals surface area (Å²) in [6.45, 7) is 3.93. The summed E-state index contributed by atoms with van der Waals surface area (Å²) in [5, 5.41) is 8.46. The Morgan fingerprint density at radius 1 is 1.73 bits per heavy atom. The molecule has 1 fully saturated rings. The van der Waals surface area contributed by atoms with Crippen molar-refractivity contribution in [3.05, 3.63) is 0 Å². The van der Waals surface area contributed by atoms with Crippen LogP contribution in [0, 0.1) is 23.2 Å².